The summed E-state index contributed by atoms with van der Waals surface area (Å²) in [4.78, 5) is 4.73. The van der Waals surface area contributed by atoms with Gasteiger partial charge in [-0.3, -0.25) is 0 Å². The number of thiazole rings is 1. The molecule has 0 atom stereocenters. The van der Waals surface area contributed by atoms with Crippen LogP contribution >= 0.6 is 22.9 Å². The van der Waals surface area contributed by atoms with Crippen molar-refractivity contribution in [2.24, 2.45) is 0 Å². The molecule has 20 heavy (non-hydrogen) atoms. The second-order valence-electron chi connectivity index (χ2n) is 4.35. The summed E-state index contributed by atoms with van der Waals surface area (Å²) in [5.41, 5.74) is 1.95. The molecule has 0 bridgehead atoms. The third kappa shape index (κ3) is 2.01. The number of hydrogen-bond donors (Lipinski definition) is 0. The van der Waals surface area contributed by atoms with Crippen LogP contribution in [0.3, 0.4) is 0 Å². The van der Waals surface area contributed by atoms with Gasteiger partial charge in [0.05, 0.1) is 15.9 Å². The summed E-state index contributed by atoms with van der Waals surface area (Å²) in [7, 11) is 0. The minimum absolute atomic E-state index is 0.874. The molecule has 2 heterocycles. The summed E-state index contributed by atoms with van der Waals surface area (Å²) in [6, 6.07) is 12.6. The van der Waals surface area contributed by atoms with Gasteiger partial charge in [-0.2, -0.15) is 0 Å². The van der Waals surface area contributed by atoms with E-state index in [4.69, 9.17) is 4.98 Å². The topological polar surface area (TPSA) is 38.7 Å². The number of hydrogen-bond acceptors (Lipinski definition) is 5. The van der Waals surface area contributed by atoms with Crippen molar-refractivity contribution >= 4 is 56.0 Å². The Bertz CT molecular complexity index is 907. The Morgan fingerprint density at radius 2 is 1.95 bits per heavy atom. The average molecular weight is 295 g/mol. The van der Waals surface area contributed by atoms with E-state index < -0.39 is 0 Å². The molecule has 2 aromatic heterocycles. The van der Waals surface area contributed by atoms with E-state index in [0.717, 1.165) is 16.2 Å². The first-order valence-electron chi connectivity index (χ1n) is 6.13. The lowest BCUT2D eigenvalue weighted by molar-refractivity contribution is 1.14. The van der Waals surface area contributed by atoms with E-state index in [1.165, 1.54) is 27.0 Å². The summed E-state index contributed by atoms with van der Waals surface area (Å²) in [6.45, 7) is 0. The van der Waals surface area contributed by atoms with E-state index in [-0.39, 0.29) is 0 Å². The monoisotopic (exact) mass is 295 g/mol. The Kier molecular flexibility index (Phi) is 2.79. The predicted octanol–water partition coefficient (Wildman–Crippen LogP) is 4.47. The maximum absolute atomic E-state index is 4.73. The lowest BCUT2D eigenvalue weighted by atomic mass is 10.1. The van der Waals surface area contributed by atoms with Crippen LogP contribution in [0.1, 0.15) is 10.7 Å². The number of fused-ring (bicyclic) bond motifs is 3. The maximum Gasteiger partial charge on any atom is 0.117 e. The fourth-order valence-electron chi connectivity index (χ4n) is 2.15. The Labute approximate surface area is 123 Å². The van der Waals surface area contributed by atoms with Crippen LogP contribution in [0.5, 0.6) is 0 Å². The van der Waals surface area contributed by atoms with Gasteiger partial charge in [0.2, 0.25) is 0 Å². The van der Waals surface area contributed by atoms with Gasteiger partial charge >= 0.3 is 0 Å². The van der Waals surface area contributed by atoms with Crippen LogP contribution in [0.2, 0.25) is 0 Å². The molecule has 3 nitrogen and oxygen atoms in total. The van der Waals surface area contributed by atoms with Crippen LogP contribution in [0, 0.1) is 0 Å². The van der Waals surface area contributed by atoms with Crippen LogP contribution in [0.4, 0.5) is 0 Å². The average Bonchev–Trinajstić information content (AvgIpc) is 3.14. The first-order chi connectivity index (χ1) is 9.90. The fourth-order valence-corrected chi connectivity index (χ4v) is 3.46. The smallest absolute Gasteiger partial charge is 0.117 e. The Morgan fingerprint density at radius 1 is 1.00 bits per heavy atom. The highest BCUT2D eigenvalue weighted by atomic mass is 32.1. The first-order valence-corrected chi connectivity index (χ1v) is 7.79. The molecular weight excluding hydrogens is 286 g/mol. The Morgan fingerprint density at radius 3 is 2.85 bits per heavy atom. The molecule has 0 saturated carbocycles. The van der Waals surface area contributed by atoms with E-state index in [1.807, 2.05) is 17.5 Å². The molecule has 0 aliphatic heterocycles. The van der Waals surface area contributed by atoms with Gasteiger partial charge in [0, 0.05) is 10.8 Å². The van der Waals surface area contributed by atoms with Crippen LogP contribution in [-0.4, -0.2) is 14.6 Å². The van der Waals surface area contributed by atoms with Gasteiger partial charge in [0.25, 0.3) is 0 Å². The molecule has 0 spiro atoms. The molecule has 0 aliphatic rings. The maximum atomic E-state index is 4.73. The van der Waals surface area contributed by atoms with Gasteiger partial charge in [-0.15, -0.1) is 16.4 Å². The third-order valence-electron chi connectivity index (χ3n) is 3.07. The summed E-state index contributed by atoms with van der Waals surface area (Å²) in [5, 5.41) is 9.33. The molecule has 0 radical (unpaired) electrons. The number of benzene rings is 2. The molecular formula is C15H9N3S2. The van der Waals surface area contributed by atoms with Crippen molar-refractivity contribution < 1.29 is 0 Å². The Balaban J connectivity index is 1.84. The van der Waals surface area contributed by atoms with Crippen LogP contribution in [0.15, 0.2) is 41.8 Å². The molecule has 0 amide bonds. The summed E-state index contributed by atoms with van der Waals surface area (Å²) < 4.78 is 5.05. The van der Waals surface area contributed by atoms with E-state index in [2.05, 4.69) is 46.0 Å². The van der Waals surface area contributed by atoms with Crippen molar-refractivity contribution in [2.75, 3.05) is 0 Å². The van der Waals surface area contributed by atoms with Gasteiger partial charge in [-0.25, -0.2) is 4.98 Å². The standard InChI is InChI=1S/C15H9N3S2/c1-2-4-12-10(3-1)5-7-13-15(12)16-14(20-13)8-6-11-9-19-18-17-11/h1-9H/b8-6+. The highest BCUT2D eigenvalue weighted by Crippen LogP contribution is 2.29. The zero-order chi connectivity index (χ0) is 13.4. The molecule has 0 N–H and O–H groups in total. The Hall–Kier alpha value is -2.11. The number of aromatic nitrogens is 3. The van der Waals surface area contributed by atoms with Gasteiger partial charge in [-0.1, -0.05) is 34.8 Å². The minimum atomic E-state index is 0.874. The largest absolute Gasteiger partial charge is 0.236 e. The van der Waals surface area contributed by atoms with Crippen molar-refractivity contribution in [3.8, 4) is 0 Å². The molecule has 4 rings (SSSR count). The van der Waals surface area contributed by atoms with E-state index in [9.17, 15) is 0 Å². The highest BCUT2D eigenvalue weighted by Gasteiger charge is 2.05. The second kappa shape index (κ2) is 4.77. The van der Waals surface area contributed by atoms with Gasteiger partial charge in [0.15, 0.2) is 0 Å². The van der Waals surface area contributed by atoms with Crippen molar-refractivity contribution in [1.29, 1.82) is 0 Å². The molecule has 0 aliphatic carbocycles. The molecule has 0 saturated heterocycles. The summed E-state index contributed by atoms with van der Waals surface area (Å²) in [5.74, 6) is 0. The lowest BCUT2D eigenvalue weighted by Crippen LogP contribution is -1.75. The number of nitrogens with zero attached hydrogens (tertiary/aromatic N) is 3. The predicted molar refractivity (Wildman–Crippen MR) is 86.0 cm³/mol. The molecule has 0 unspecified atom stereocenters. The van der Waals surface area contributed by atoms with E-state index in [0.29, 0.717) is 0 Å². The van der Waals surface area contributed by atoms with Crippen LogP contribution in [-0.2, 0) is 0 Å². The van der Waals surface area contributed by atoms with Crippen molar-refractivity contribution in [2.45, 2.75) is 0 Å². The number of rotatable bonds is 2. The van der Waals surface area contributed by atoms with E-state index >= 15 is 0 Å². The first kappa shape index (κ1) is 11.7. The molecule has 0 fully saturated rings. The molecule has 4 aromatic rings. The molecule has 96 valence electrons. The summed E-state index contributed by atoms with van der Waals surface area (Å²) >= 11 is 3.04. The molecule has 5 heteroatoms. The van der Waals surface area contributed by atoms with Gasteiger partial charge in [0.1, 0.15) is 5.01 Å². The fraction of sp³-hybridized carbons (Fsp3) is 0. The normalized spacial score (nSPS) is 11.8. The quantitative estimate of drug-likeness (QED) is 0.547. The SMILES string of the molecule is C(=C\c1nc2c(ccc3ccccc32)s1)/c1csnn1. The zero-order valence-electron chi connectivity index (χ0n) is 10.4. The zero-order valence-corrected chi connectivity index (χ0v) is 12.0. The molecule has 2 aromatic carbocycles. The van der Waals surface area contributed by atoms with E-state index in [1.54, 1.807) is 11.3 Å². The lowest BCUT2D eigenvalue weighted by Gasteiger charge is -1.96. The van der Waals surface area contributed by atoms with Crippen LogP contribution < -0.4 is 0 Å². The summed E-state index contributed by atoms with van der Waals surface area (Å²) in [6.07, 6.45) is 3.94. The van der Waals surface area contributed by atoms with Crippen molar-refractivity contribution in [1.82, 2.24) is 14.6 Å². The highest BCUT2D eigenvalue weighted by molar-refractivity contribution is 7.19. The van der Waals surface area contributed by atoms with Gasteiger partial charge < -0.3 is 0 Å². The van der Waals surface area contributed by atoms with Crippen LogP contribution in [0.25, 0.3) is 33.1 Å². The van der Waals surface area contributed by atoms with Crippen molar-refractivity contribution in [3.05, 3.63) is 52.5 Å². The second-order valence-corrected chi connectivity index (χ2v) is 6.02. The van der Waals surface area contributed by atoms with Gasteiger partial charge in [-0.05, 0) is 35.1 Å². The minimum Gasteiger partial charge on any atom is -0.236 e. The van der Waals surface area contributed by atoms with Crippen molar-refractivity contribution in [3.63, 3.8) is 0 Å². The third-order valence-corrected chi connectivity index (χ3v) is 4.58.